The number of hydrogen-bond acceptors (Lipinski definition) is 2. The molecule has 0 aliphatic carbocycles. The van der Waals surface area contributed by atoms with Crippen molar-refractivity contribution in [3.8, 4) is 0 Å². The van der Waals surface area contributed by atoms with Crippen molar-refractivity contribution >= 4 is 0 Å². The number of aliphatic hydroxyl groups excluding tert-OH is 1. The molecule has 2 aromatic rings. The molecule has 3 heteroatoms. The molecule has 1 N–H and O–H groups in total. The lowest BCUT2D eigenvalue weighted by atomic mass is 9.99. The van der Waals surface area contributed by atoms with Crippen LogP contribution in [0.1, 0.15) is 22.8 Å². The summed E-state index contributed by atoms with van der Waals surface area (Å²) in [6.07, 6.45) is 0.210. The molecule has 104 valence electrons. The Hall–Kier alpha value is -1.71. The molecule has 2 aromatic carbocycles. The Morgan fingerprint density at radius 1 is 1.05 bits per heavy atom. The number of benzene rings is 2. The second kappa shape index (κ2) is 5.73. The van der Waals surface area contributed by atoms with Crippen LogP contribution in [0.15, 0.2) is 48.5 Å². The summed E-state index contributed by atoms with van der Waals surface area (Å²) >= 11 is 0. The van der Waals surface area contributed by atoms with Crippen molar-refractivity contribution in [2.45, 2.75) is 19.1 Å². The van der Waals surface area contributed by atoms with E-state index in [1.165, 1.54) is 17.2 Å². The van der Waals surface area contributed by atoms with Crippen LogP contribution in [-0.4, -0.2) is 23.1 Å². The molecular formula is C17H18FNO. The molecule has 1 aliphatic rings. The molecule has 3 rings (SSSR count). The first-order valence-electron chi connectivity index (χ1n) is 6.95. The standard InChI is InChI=1S/C17H18FNO/c18-16-8-4-3-7-15(16)17(20)12-19-10-9-13-5-1-2-6-14(13)11-19/h1-8,17,20H,9-12H2/t17-/m1/s1. The molecule has 0 aromatic heterocycles. The topological polar surface area (TPSA) is 23.5 Å². The highest BCUT2D eigenvalue weighted by atomic mass is 19.1. The summed E-state index contributed by atoms with van der Waals surface area (Å²) in [5.41, 5.74) is 3.06. The third-order valence-corrected chi connectivity index (χ3v) is 3.91. The Balaban J connectivity index is 1.69. The molecule has 0 saturated heterocycles. The minimum absolute atomic E-state index is 0.336. The zero-order valence-corrected chi connectivity index (χ0v) is 11.3. The Bertz CT molecular complexity index is 599. The summed E-state index contributed by atoms with van der Waals surface area (Å²) in [5, 5.41) is 10.2. The molecule has 1 heterocycles. The molecule has 0 bridgehead atoms. The second-order valence-corrected chi connectivity index (χ2v) is 5.29. The number of aliphatic hydroxyl groups is 1. The molecule has 0 spiro atoms. The smallest absolute Gasteiger partial charge is 0.129 e. The molecule has 0 radical (unpaired) electrons. The summed E-state index contributed by atoms with van der Waals surface area (Å²) in [6.45, 7) is 2.19. The number of β-amino-alcohol motifs (C(OH)–C–C–N with tert-alkyl or cyclic N) is 1. The third kappa shape index (κ3) is 2.74. The largest absolute Gasteiger partial charge is 0.387 e. The molecule has 0 amide bonds. The molecule has 20 heavy (non-hydrogen) atoms. The van der Waals surface area contributed by atoms with Gasteiger partial charge in [0.2, 0.25) is 0 Å². The lowest BCUT2D eigenvalue weighted by Crippen LogP contribution is -2.34. The van der Waals surface area contributed by atoms with E-state index in [0.717, 1.165) is 19.5 Å². The number of hydrogen-bond donors (Lipinski definition) is 1. The quantitative estimate of drug-likeness (QED) is 0.928. The Morgan fingerprint density at radius 2 is 1.75 bits per heavy atom. The van der Waals surface area contributed by atoms with Crippen molar-refractivity contribution in [3.63, 3.8) is 0 Å². The van der Waals surface area contributed by atoms with Crippen LogP contribution in [0.5, 0.6) is 0 Å². The normalized spacial score (nSPS) is 16.7. The lowest BCUT2D eigenvalue weighted by Gasteiger charge is -2.30. The first-order chi connectivity index (χ1) is 9.74. The zero-order valence-electron chi connectivity index (χ0n) is 11.3. The van der Waals surface area contributed by atoms with Crippen LogP contribution < -0.4 is 0 Å². The van der Waals surface area contributed by atoms with E-state index in [1.54, 1.807) is 18.2 Å². The van der Waals surface area contributed by atoms with Crippen LogP contribution in [-0.2, 0) is 13.0 Å². The van der Waals surface area contributed by atoms with Crippen LogP contribution in [0.4, 0.5) is 4.39 Å². The van der Waals surface area contributed by atoms with Crippen molar-refractivity contribution in [2.75, 3.05) is 13.1 Å². The van der Waals surface area contributed by atoms with Crippen LogP contribution >= 0.6 is 0 Å². The molecule has 0 unspecified atom stereocenters. The monoisotopic (exact) mass is 271 g/mol. The minimum atomic E-state index is -0.776. The van der Waals surface area contributed by atoms with Crippen LogP contribution in [0.25, 0.3) is 0 Å². The van der Waals surface area contributed by atoms with Gasteiger partial charge in [0.1, 0.15) is 5.82 Å². The maximum atomic E-state index is 13.7. The van der Waals surface area contributed by atoms with Gasteiger partial charge >= 0.3 is 0 Å². The Labute approximate surface area is 118 Å². The molecule has 2 nitrogen and oxygen atoms in total. The van der Waals surface area contributed by atoms with Gasteiger partial charge in [0.15, 0.2) is 0 Å². The van der Waals surface area contributed by atoms with Crippen molar-refractivity contribution in [1.29, 1.82) is 0 Å². The highest BCUT2D eigenvalue weighted by Crippen LogP contribution is 2.22. The van der Waals surface area contributed by atoms with Gasteiger partial charge in [0, 0.05) is 25.2 Å². The van der Waals surface area contributed by atoms with E-state index in [4.69, 9.17) is 0 Å². The van der Waals surface area contributed by atoms with E-state index < -0.39 is 6.10 Å². The zero-order chi connectivity index (χ0) is 13.9. The van der Waals surface area contributed by atoms with E-state index in [-0.39, 0.29) is 5.82 Å². The van der Waals surface area contributed by atoms with E-state index in [1.807, 2.05) is 6.07 Å². The highest BCUT2D eigenvalue weighted by Gasteiger charge is 2.20. The number of rotatable bonds is 3. The van der Waals surface area contributed by atoms with Gasteiger partial charge in [0.05, 0.1) is 6.10 Å². The fraction of sp³-hybridized carbons (Fsp3) is 0.294. The molecule has 0 fully saturated rings. The van der Waals surface area contributed by atoms with Gasteiger partial charge < -0.3 is 5.11 Å². The molecular weight excluding hydrogens is 253 g/mol. The molecule has 0 saturated carbocycles. The SMILES string of the molecule is O[C@H](CN1CCc2ccccc2C1)c1ccccc1F. The maximum absolute atomic E-state index is 13.7. The summed E-state index contributed by atoms with van der Waals surface area (Å²) in [6, 6.07) is 14.8. The third-order valence-electron chi connectivity index (χ3n) is 3.91. The molecule has 1 aliphatic heterocycles. The Kier molecular flexibility index (Phi) is 3.81. The van der Waals surface area contributed by atoms with Gasteiger partial charge in [-0.3, -0.25) is 4.90 Å². The highest BCUT2D eigenvalue weighted by molar-refractivity contribution is 5.29. The average molecular weight is 271 g/mol. The minimum Gasteiger partial charge on any atom is -0.387 e. The molecule has 1 atom stereocenters. The van der Waals surface area contributed by atoms with Gasteiger partial charge in [-0.05, 0) is 23.6 Å². The van der Waals surface area contributed by atoms with Crippen molar-refractivity contribution < 1.29 is 9.50 Å². The van der Waals surface area contributed by atoms with Crippen molar-refractivity contribution in [2.24, 2.45) is 0 Å². The van der Waals surface area contributed by atoms with Gasteiger partial charge in [-0.15, -0.1) is 0 Å². The van der Waals surface area contributed by atoms with Crippen LogP contribution in [0.3, 0.4) is 0 Å². The van der Waals surface area contributed by atoms with E-state index in [9.17, 15) is 9.50 Å². The summed E-state index contributed by atoms with van der Waals surface area (Å²) in [4.78, 5) is 2.18. The number of nitrogens with zero attached hydrogens (tertiary/aromatic N) is 1. The van der Waals surface area contributed by atoms with E-state index in [2.05, 4.69) is 23.1 Å². The lowest BCUT2D eigenvalue weighted by molar-refractivity contribution is 0.103. The van der Waals surface area contributed by atoms with Crippen LogP contribution in [0, 0.1) is 5.82 Å². The predicted octanol–water partition coefficient (Wildman–Crippen LogP) is 2.92. The predicted molar refractivity (Wildman–Crippen MR) is 76.8 cm³/mol. The number of halogens is 1. The summed E-state index contributed by atoms with van der Waals surface area (Å²) < 4.78 is 13.7. The summed E-state index contributed by atoms with van der Waals surface area (Å²) in [7, 11) is 0. The van der Waals surface area contributed by atoms with E-state index in [0.29, 0.717) is 12.1 Å². The van der Waals surface area contributed by atoms with Crippen molar-refractivity contribution in [3.05, 3.63) is 71.0 Å². The first-order valence-corrected chi connectivity index (χ1v) is 6.95. The van der Waals surface area contributed by atoms with Crippen molar-refractivity contribution in [1.82, 2.24) is 4.90 Å². The Morgan fingerprint density at radius 3 is 2.55 bits per heavy atom. The fourth-order valence-corrected chi connectivity index (χ4v) is 2.80. The van der Waals surface area contributed by atoms with Gasteiger partial charge in [0.25, 0.3) is 0 Å². The van der Waals surface area contributed by atoms with E-state index >= 15 is 0 Å². The second-order valence-electron chi connectivity index (χ2n) is 5.29. The average Bonchev–Trinajstić information content (AvgIpc) is 2.47. The van der Waals surface area contributed by atoms with Gasteiger partial charge in [-0.1, -0.05) is 42.5 Å². The van der Waals surface area contributed by atoms with Crippen LogP contribution in [0.2, 0.25) is 0 Å². The fourth-order valence-electron chi connectivity index (χ4n) is 2.80. The van der Waals surface area contributed by atoms with Gasteiger partial charge in [-0.25, -0.2) is 4.39 Å². The maximum Gasteiger partial charge on any atom is 0.129 e. The number of fused-ring (bicyclic) bond motifs is 1. The summed E-state index contributed by atoms with van der Waals surface area (Å²) in [5.74, 6) is -0.336. The van der Waals surface area contributed by atoms with Gasteiger partial charge in [-0.2, -0.15) is 0 Å². The first kappa shape index (κ1) is 13.3.